The summed E-state index contributed by atoms with van der Waals surface area (Å²) in [6.07, 6.45) is 8.97. The molecule has 0 amide bonds. The molecular weight excluding hydrogens is 450 g/mol. The van der Waals surface area contributed by atoms with Crippen molar-refractivity contribution in [2.75, 3.05) is 16.9 Å². The van der Waals surface area contributed by atoms with Crippen LogP contribution in [-0.4, -0.2) is 42.5 Å². The fraction of sp³-hybridized carbons (Fsp3) is 0.500. The molecule has 3 N–H and O–H groups in total. The lowest BCUT2D eigenvalue weighted by atomic mass is 9.91. The van der Waals surface area contributed by atoms with E-state index >= 15 is 0 Å². The Labute approximate surface area is 193 Å². The Morgan fingerprint density at radius 3 is 2.50 bits per heavy atom. The van der Waals surface area contributed by atoms with E-state index in [2.05, 4.69) is 31.4 Å². The summed E-state index contributed by atoms with van der Waals surface area (Å²) in [5, 5.41) is 6.92. The number of Topliss-reactive ketones (excluding diaryl/α,β-unsaturated/α-hetero) is 1. The molecule has 1 fully saturated rings. The summed E-state index contributed by atoms with van der Waals surface area (Å²) >= 11 is 6.34. The van der Waals surface area contributed by atoms with Gasteiger partial charge in [0.1, 0.15) is 10.8 Å². The zero-order valence-electron chi connectivity index (χ0n) is 18.0. The third-order valence-electron chi connectivity index (χ3n) is 6.01. The number of nitrogens with one attached hydrogen (secondary N) is 3. The maximum absolute atomic E-state index is 11.8. The van der Waals surface area contributed by atoms with Gasteiger partial charge in [-0.3, -0.25) is 4.79 Å². The fourth-order valence-corrected chi connectivity index (χ4v) is 5.38. The van der Waals surface area contributed by atoms with Gasteiger partial charge in [0.15, 0.2) is 5.82 Å². The van der Waals surface area contributed by atoms with Crippen LogP contribution >= 0.6 is 11.6 Å². The number of carbonyl (C=O) groups excluding carboxylic acids is 1. The first-order valence-electron chi connectivity index (χ1n) is 10.9. The molecule has 172 valence electrons. The minimum Gasteiger partial charge on any atom is -0.364 e. The van der Waals surface area contributed by atoms with Crippen molar-refractivity contribution in [1.29, 1.82) is 0 Å². The zero-order chi connectivity index (χ0) is 22.7. The summed E-state index contributed by atoms with van der Waals surface area (Å²) in [5.41, 5.74) is 3.23. The van der Waals surface area contributed by atoms with E-state index in [0.717, 1.165) is 44.2 Å². The van der Waals surface area contributed by atoms with Crippen molar-refractivity contribution in [3.8, 4) is 0 Å². The Balaban J connectivity index is 1.50. The summed E-state index contributed by atoms with van der Waals surface area (Å²) < 4.78 is 26.2. The van der Waals surface area contributed by atoms with Gasteiger partial charge < -0.3 is 10.6 Å². The fourth-order valence-electron chi connectivity index (χ4n) is 4.41. The number of benzene rings is 1. The molecule has 0 saturated heterocycles. The third kappa shape index (κ3) is 5.96. The summed E-state index contributed by atoms with van der Waals surface area (Å²) in [6, 6.07) is 5.74. The van der Waals surface area contributed by atoms with Crippen molar-refractivity contribution in [2.45, 2.75) is 63.5 Å². The number of aromatic nitrogens is 2. The highest BCUT2D eigenvalue weighted by molar-refractivity contribution is 7.88. The van der Waals surface area contributed by atoms with Crippen molar-refractivity contribution in [2.24, 2.45) is 0 Å². The predicted molar refractivity (Wildman–Crippen MR) is 126 cm³/mol. The third-order valence-corrected chi connectivity index (χ3v) is 7.01. The molecule has 10 heteroatoms. The molecule has 0 bridgehead atoms. The molecule has 4 rings (SSSR count). The summed E-state index contributed by atoms with van der Waals surface area (Å²) in [7, 11) is -3.31. The van der Waals surface area contributed by atoms with E-state index in [4.69, 9.17) is 11.6 Å². The van der Waals surface area contributed by atoms with Crippen LogP contribution in [0.1, 0.15) is 49.7 Å². The van der Waals surface area contributed by atoms with Gasteiger partial charge in [-0.25, -0.2) is 18.1 Å². The molecule has 2 aliphatic carbocycles. The van der Waals surface area contributed by atoms with Gasteiger partial charge in [-0.1, -0.05) is 30.5 Å². The summed E-state index contributed by atoms with van der Waals surface area (Å²) in [4.78, 5) is 20.6. The molecule has 0 unspecified atom stereocenters. The average Bonchev–Trinajstić information content (AvgIpc) is 2.92. The largest absolute Gasteiger partial charge is 0.364 e. The van der Waals surface area contributed by atoms with Crippen LogP contribution in [0.3, 0.4) is 0 Å². The maximum atomic E-state index is 11.8. The highest BCUT2D eigenvalue weighted by Gasteiger charge is 2.28. The van der Waals surface area contributed by atoms with E-state index < -0.39 is 10.0 Å². The molecule has 0 spiro atoms. The Bertz CT molecular complexity index is 1110. The van der Waals surface area contributed by atoms with Crippen LogP contribution in [0.15, 0.2) is 24.4 Å². The first kappa shape index (κ1) is 22.9. The summed E-state index contributed by atoms with van der Waals surface area (Å²) in [5.74, 6) is 1.17. The van der Waals surface area contributed by atoms with Crippen molar-refractivity contribution in [3.63, 3.8) is 0 Å². The first-order valence-corrected chi connectivity index (χ1v) is 13.2. The Kier molecular flexibility index (Phi) is 6.97. The second-order valence-corrected chi connectivity index (χ2v) is 10.8. The van der Waals surface area contributed by atoms with Crippen LogP contribution in [0.25, 0.3) is 0 Å². The number of ketones is 1. The molecular formula is C22H28ClN5O3S. The molecule has 1 aromatic heterocycles. The topological polar surface area (TPSA) is 113 Å². The lowest BCUT2D eigenvalue weighted by Gasteiger charge is -2.32. The number of nitrogens with zero attached hydrogens (tertiary/aromatic N) is 2. The van der Waals surface area contributed by atoms with Gasteiger partial charge in [0.25, 0.3) is 0 Å². The van der Waals surface area contributed by atoms with Gasteiger partial charge in [0.05, 0.1) is 12.5 Å². The van der Waals surface area contributed by atoms with Gasteiger partial charge in [0, 0.05) is 30.6 Å². The quantitative estimate of drug-likeness (QED) is 0.545. The maximum Gasteiger partial charge on any atom is 0.229 e. The minimum atomic E-state index is -3.31. The van der Waals surface area contributed by atoms with E-state index in [0.29, 0.717) is 35.4 Å². The zero-order valence-corrected chi connectivity index (χ0v) is 19.6. The number of rotatable bonds is 6. The van der Waals surface area contributed by atoms with Crippen molar-refractivity contribution in [3.05, 3.63) is 40.5 Å². The number of carbonyl (C=O) groups is 1. The Hall–Kier alpha value is -2.23. The van der Waals surface area contributed by atoms with Gasteiger partial charge in [-0.05, 0) is 48.9 Å². The smallest absolute Gasteiger partial charge is 0.229 e. The first-order chi connectivity index (χ1) is 15.3. The van der Waals surface area contributed by atoms with Crippen LogP contribution < -0.4 is 15.4 Å². The normalized spacial score (nSPS) is 21.5. The SMILES string of the molecule is CS(=O)(=O)N[C@@H]1CCCC[C@H]1Nc1nc(Nc2ccc3c(c2)CCC(=O)CC3)ncc1Cl. The number of fused-ring (bicyclic) bond motifs is 1. The van der Waals surface area contributed by atoms with Crippen LogP contribution in [0, 0.1) is 0 Å². The van der Waals surface area contributed by atoms with Gasteiger partial charge in [0.2, 0.25) is 16.0 Å². The van der Waals surface area contributed by atoms with E-state index in [1.54, 1.807) is 0 Å². The number of halogens is 1. The number of aryl methyl sites for hydroxylation is 2. The highest BCUT2D eigenvalue weighted by atomic mass is 35.5. The molecule has 1 heterocycles. The van der Waals surface area contributed by atoms with E-state index in [1.165, 1.54) is 23.6 Å². The number of hydrogen-bond donors (Lipinski definition) is 3. The molecule has 1 aromatic carbocycles. The van der Waals surface area contributed by atoms with E-state index in [-0.39, 0.29) is 12.1 Å². The van der Waals surface area contributed by atoms with Crippen LogP contribution in [0.2, 0.25) is 5.02 Å². The van der Waals surface area contributed by atoms with Crippen LogP contribution in [0.5, 0.6) is 0 Å². The average molecular weight is 478 g/mol. The molecule has 32 heavy (non-hydrogen) atoms. The van der Waals surface area contributed by atoms with Crippen molar-refractivity contribution in [1.82, 2.24) is 14.7 Å². The standard InChI is InChI=1S/C22H28ClN5O3S/c1-32(30,31)28-20-5-3-2-4-19(20)26-21-18(23)13-24-22(27-21)25-16-9-6-14-7-10-17(29)11-8-15(14)12-16/h6,9,12-13,19-20,28H,2-5,7-8,10-11H2,1H3,(H2,24,25,26,27)/t19-,20-/m1/s1. The lowest BCUT2D eigenvalue weighted by Crippen LogP contribution is -2.48. The molecule has 2 aromatic rings. The van der Waals surface area contributed by atoms with Gasteiger partial charge in [-0.2, -0.15) is 4.98 Å². The van der Waals surface area contributed by atoms with Gasteiger partial charge in [-0.15, -0.1) is 0 Å². The van der Waals surface area contributed by atoms with Gasteiger partial charge >= 0.3 is 0 Å². The molecule has 8 nitrogen and oxygen atoms in total. The predicted octanol–water partition coefficient (Wildman–Crippen LogP) is 3.59. The molecule has 2 aliphatic rings. The monoisotopic (exact) mass is 477 g/mol. The molecule has 0 radical (unpaired) electrons. The second kappa shape index (κ2) is 9.72. The molecule has 2 atom stereocenters. The number of hydrogen-bond acceptors (Lipinski definition) is 7. The van der Waals surface area contributed by atoms with E-state index in [9.17, 15) is 13.2 Å². The molecule has 0 aliphatic heterocycles. The van der Waals surface area contributed by atoms with Crippen molar-refractivity contribution >= 4 is 44.9 Å². The lowest BCUT2D eigenvalue weighted by molar-refractivity contribution is -0.118. The van der Waals surface area contributed by atoms with Crippen LogP contribution in [-0.2, 0) is 27.7 Å². The van der Waals surface area contributed by atoms with Crippen molar-refractivity contribution < 1.29 is 13.2 Å². The number of sulfonamides is 1. The molecule has 1 saturated carbocycles. The Morgan fingerprint density at radius 1 is 1.03 bits per heavy atom. The summed E-state index contributed by atoms with van der Waals surface area (Å²) in [6.45, 7) is 0. The second-order valence-electron chi connectivity index (χ2n) is 8.57. The minimum absolute atomic E-state index is 0.108. The number of anilines is 3. The Morgan fingerprint density at radius 2 is 1.75 bits per heavy atom. The van der Waals surface area contributed by atoms with Crippen LogP contribution in [0.4, 0.5) is 17.5 Å². The van der Waals surface area contributed by atoms with E-state index in [1.807, 2.05) is 12.1 Å². The highest BCUT2D eigenvalue weighted by Crippen LogP contribution is 2.28.